The number of anilines is 1. The van der Waals surface area contributed by atoms with E-state index in [1.807, 2.05) is 19.0 Å². The maximum absolute atomic E-state index is 11.3. The summed E-state index contributed by atoms with van der Waals surface area (Å²) in [7, 11) is 5.16. The van der Waals surface area contributed by atoms with Crippen molar-refractivity contribution in [2.45, 2.75) is 6.42 Å². The van der Waals surface area contributed by atoms with Crippen LogP contribution >= 0.6 is 0 Å². The first-order valence-corrected chi connectivity index (χ1v) is 5.45. The molecule has 94 valence electrons. The SMILES string of the molecule is CNCCCN(C)c1cncc(C(=O)OC)n1. The van der Waals surface area contributed by atoms with Crippen LogP contribution in [0.2, 0.25) is 0 Å². The van der Waals surface area contributed by atoms with Crippen LogP contribution in [0, 0.1) is 0 Å². The van der Waals surface area contributed by atoms with Crippen LogP contribution in [0.15, 0.2) is 12.4 Å². The summed E-state index contributed by atoms with van der Waals surface area (Å²) in [5.74, 6) is 0.201. The predicted octanol–water partition coefficient (Wildman–Crippen LogP) is 0.309. The van der Waals surface area contributed by atoms with E-state index in [1.165, 1.54) is 13.3 Å². The molecule has 0 atom stereocenters. The Morgan fingerprint density at radius 1 is 1.53 bits per heavy atom. The molecular weight excluding hydrogens is 220 g/mol. The lowest BCUT2D eigenvalue weighted by atomic mass is 10.4. The molecule has 1 aromatic rings. The smallest absolute Gasteiger partial charge is 0.358 e. The second-order valence-corrected chi connectivity index (χ2v) is 3.63. The van der Waals surface area contributed by atoms with E-state index in [9.17, 15) is 4.79 Å². The minimum atomic E-state index is -0.469. The fourth-order valence-electron chi connectivity index (χ4n) is 1.35. The molecule has 0 saturated heterocycles. The van der Waals surface area contributed by atoms with Crippen LogP contribution in [0.25, 0.3) is 0 Å². The topological polar surface area (TPSA) is 67.4 Å². The van der Waals surface area contributed by atoms with Gasteiger partial charge in [0.1, 0.15) is 5.82 Å². The van der Waals surface area contributed by atoms with Crippen LogP contribution in [-0.2, 0) is 4.74 Å². The van der Waals surface area contributed by atoms with E-state index in [-0.39, 0.29) is 5.69 Å². The molecule has 0 aliphatic heterocycles. The molecule has 0 aliphatic carbocycles. The van der Waals surface area contributed by atoms with Gasteiger partial charge in [-0.3, -0.25) is 4.98 Å². The predicted molar refractivity (Wildman–Crippen MR) is 65.2 cm³/mol. The van der Waals surface area contributed by atoms with Gasteiger partial charge in [-0.15, -0.1) is 0 Å². The van der Waals surface area contributed by atoms with Crippen LogP contribution in [0.4, 0.5) is 5.82 Å². The van der Waals surface area contributed by atoms with Crippen LogP contribution in [0.5, 0.6) is 0 Å². The van der Waals surface area contributed by atoms with Crippen molar-refractivity contribution in [3.63, 3.8) is 0 Å². The monoisotopic (exact) mass is 238 g/mol. The number of esters is 1. The first-order valence-electron chi connectivity index (χ1n) is 5.45. The third-order valence-corrected chi connectivity index (χ3v) is 2.33. The summed E-state index contributed by atoms with van der Waals surface area (Å²) in [6, 6.07) is 0. The summed E-state index contributed by atoms with van der Waals surface area (Å²) in [5.41, 5.74) is 0.227. The van der Waals surface area contributed by atoms with Crippen LogP contribution < -0.4 is 10.2 Å². The van der Waals surface area contributed by atoms with E-state index in [0.717, 1.165) is 19.5 Å². The Bertz CT molecular complexity index is 370. The standard InChI is InChI=1S/C11H18N4O2/c1-12-5-4-6-15(2)10-8-13-7-9(14-10)11(16)17-3/h7-8,12H,4-6H2,1-3H3. The highest BCUT2D eigenvalue weighted by atomic mass is 16.5. The number of hydrogen-bond donors (Lipinski definition) is 1. The first-order chi connectivity index (χ1) is 8.19. The Morgan fingerprint density at radius 3 is 2.94 bits per heavy atom. The third-order valence-electron chi connectivity index (χ3n) is 2.33. The summed E-state index contributed by atoms with van der Waals surface area (Å²) < 4.78 is 4.60. The summed E-state index contributed by atoms with van der Waals surface area (Å²) in [6.07, 6.45) is 4.03. The zero-order chi connectivity index (χ0) is 12.7. The van der Waals surface area contributed by atoms with Gasteiger partial charge in [0.15, 0.2) is 5.69 Å². The van der Waals surface area contributed by atoms with Gasteiger partial charge in [0.05, 0.1) is 19.5 Å². The second-order valence-electron chi connectivity index (χ2n) is 3.63. The Labute approximate surface area is 101 Å². The molecular formula is C11H18N4O2. The van der Waals surface area contributed by atoms with Crippen molar-refractivity contribution in [2.24, 2.45) is 0 Å². The van der Waals surface area contributed by atoms with Gasteiger partial charge >= 0.3 is 5.97 Å². The zero-order valence-corrected chi connectivity index (χ0v) is 10.4. The molecule has 0 saturated carbocycles. The molecule has 1 heterocycles. The van der Waals surface area contributed by atoms with E-state index in [0.29, 0.717) is 5.82 Å². The molecule has 0 aliphatic rings. The fraction of sp³-hybridized carbons (Fsp3) is 0.545. The lowest BCUT2D eigenvalue weighted by Crippen LogP contribution is -2.24. The van der Waals surface area contributed by atoms with Crippen LogP contribution in [0.3, 0.4) is 0 Å². The lowest BCUT2D eigenvalue weighted by molar-refractivity contribution is 0.0593. The number of aromatic nitrogens is 2. The van der Waals surface area contributed by atoms with Gasteiger partial charge in [0.2, 0.25) is 0 Å². The van der Waals surface area contributed by atoms with Gasteiger partial charge in [0, 0.05) is 13.6 Å². The van der Waals surface area contributed by atoms with Gasteiger partial charge in [-0.25, -0.2) is 9.78 Å². The van der Waals surface area contributed by atoms with Crippen molar-refractivity contribution >= 4 is 11.8 Å². The quantitative estimate of drug-likeness (QED) is 0.568. The Hall–Kier alpha value is -1.69. The summed E-state index contributed by atoms with van der Waals surface area (Å²) in [4.78, 5) is 21.4. The van der Waals surface area contributed by atoms with Crippen molar-refractivity contribution in [3.8, 4) is 0 Å². The van der Waals surface area contributed by atoms with Gasteiger partial charge in [-0.2, -0.15) is 0 Å². The highest BCUT2D eigenvalue weighted by molar-refractivity contribution is 5.87. The van der Waals surface area contributed by atoms with Gasteiger partial charge in [-0.05, 0) is 20.0 Å². The molecule has 0 radical (unpaired) electrons. The van der Waals surface area contributed by atoms with E-state index in [4.69, 9.17) is 0 Å². The number of carbonyl (C=O) groups excluding carboxylic acids is 1. The first kappa shape index (κ1) is 13.4. The molecule has 0 bridgehead atoms. The van der Waals surface area contributed by atoms with E-state index < -0.39 is 5.97 Å². The number of methoxy groups -OCH3 is 1. The van der Waals surface area contributed by atoms with Gasteiger partial charge < -0.3 is 15.0 Å². The fourth-order valence-corrected chi connectivity index (χ4v) is 1.35. The van der Waals surface area contributed by atoms with E-state index in [1.54, 1.807) is 6.20 Å². The maximum Gasteiger partial charge on any atom is 0.358 e. The largest absolute Gasteiger partial charge is 0.464 e. The summed E-state index contributed by atoms with van der Waals surface area (Å²) >= 11 is 0. The molecule has 1 rings (SSSR count). The Balaban J connectivity index is 2.67. The molecule has 17 heavy (non-hydrogen) atoms. The van der Waals surface area contributed by atoms with Crippen LogP contribution in [0.1, 0.15) is 16.9 Å². The maximum atomic E-state index is 11.3. The Kier molecular flexibility index (Phi) is 5.35. The van der Waals surface area contributed by atoms with Crippen molar-refractivity contribution in [1.82, 2.24) is 15.3 Å². The minimum absolute atomic E-state index is 0.227. The van der Waals surface area contributed by atoms with Crippen molar-refractivity contribution in [3.05, 3.63) is 18.1 Å². The summed E-state index contributed by atoms with van der Waals surface area (Å²) in [5, 5.41) is 3.08. The number of nitrogens with one attached hydrogen (secondary N) is 1. The van der Waals surface area contributed by atoms with Crippen molar-refractivity contribution < 1.29 is 9.53 Å². The van der Waals surface area contributed by atoms with Crippen LogP contribution in [-0.4, -0.2) is 50.2 Å². The molecule has 0 amide bonds. The third kappa shape index (κ3) is 3.99. The van der Waals surface area contributed by atoms with E-state index in [2.05, 4.69) is 20.0 Å². The Morgan fingerprint density at radius 2 is 2.29 bits per heavy atom. The normalized spacial score (nSPS) is 10.1. The van der Waals surface area contributed by atoms with E-state index >= 15 is 0 Å². The van der Waals surface area contributed by atoms with Gasteiger partial charge in [0.25, 0.3) is 0 Å². The summed E-state index contributed by atoms with van der Waals surface area (Å²) in [6.45, 7) is 1.79. The number of nitrogens with zero attached hydrogens (tertiary/aromatic N) is 3. The van der Waals surface area contributed by atoms with Crippen molar-refractivity contribution in [1.29, 1.82) is 0 Å². The molecule has 0 spiro atoms. The number of hydrogen-bond acceptors (Lipinski definition) is 6. The lowest BCUT2D eigenvalue weighted by Gasteiger charge is -2.17. The number of carbonyl (C=O) groups is 1. The molecule has 0 fully saturated rings. The molecule has 0 unspecified atom stereocenters. The molecule has 1 N–H and O–H groups in total. The average molecular weight is 238 g/mol. The molecule has 6 nitrogen and oxygen atoms in total. The highest BCUT2D eigenvalue weighted by Gasteiger charge is 2.10. The zero-order valence-electron chi connectivity index (χ0n) is 10.4. The highest BCUT2D eigenvalue weighted by Crippen LogP contribution is 2.08. The van der Waals surface area contributed by atoms with Gasteiger partial charge in [-0.1, -0.05) is 0 Å². The molecule has 0 aromatic carbocycles. The molecule has 6 heteroatoms. The average Bonchev–Trinajstić information content (AvgIpc) is 2.38. The number of rotatable bonds is 6. The second kappa shape index (κ2) is 6.80. The van der Waals surface area contributed by atoms with Crippen molar-refractivity contribution in [2.75, 3.05) is 39.2 Å². The number of ether oxygens (including phenoxy) is 1. The minimum Gasteiger partial charge on any atom is -0.464 e. The molecule has 1 aromatic heterocycles.